The molecule has 2 N–H and O–H groups in total. The van der Waals surface area contributed by atoms with Crippen molar-refractivity contribution >= 4 is 22.3 Å². The zero-order chi connectivity index (χ0) is 19.8. The second-order valence-corrected chi connectivity index (χ2v) is 9.69. The van der Waals surface area contributed by atoms with E-state index in [0.717, 1.165) is 37.4 Å². The van der Waals surface area contributed by atoms with Gasteiger partial charge in [-0.05, 0) is 68.0 Å². The lowest BCUT2D eigenvalue weighted by molar-refractivity contribution is 0.139. The van der Waals surface area contributed by atoms with E-state index in [-0.39, 0.29) is 0 Å². The quantitative estimate of drug-likeness (QED) is 0.413. The van der Waals surface area contributed by atoms with Gasteiger partial charge >= 0.3 is 0 Å². The number of hydrogen-bond acceptors (Lipinski definition) is 4. The van der Waals surface area contributed by atoms with Crippen LogP contribution in [0.4, 0.5) is 5.00 Å². The smallest absolute Gasteiger partial charge is 0.191 e. The molecule has 0 bridgehead atoms. The fourth-order valence-corrected chi connectivity index (χ4v) is 5.51. The third-order valence-electron chi connectivity index (χ3n) is 6.02. The summed E-state index contributed by atoms with van der Waals surface area (Å²) in [5, 5.41) is 10.7. The standard InChI is InChI=1S/C22H39N5S/c1-18-15-19(2)17-26(16-18)11-5-4-10-24-22(23-3)25-20-8-12-27(13-9-20)21-7-6-14-28-21/h6-7,14,18-20H,4-5,8-13,15-17H2,1-3H3,(H2,23,24,25). The first-order valence-corrected chi connectivity index (χ1v) is 12.0. The maximum absolute atomic E-state index is 4.43. The molecule has 2 aliphatic heterocycles. The number of unbranched alkanes of at least 4 members (excludes halogenated alkanes) is 1. The van der Waals surface area contributed by atoms with Gasteiger partial charge in [0, 0.05) is 45.8 Å². The van der Waals surface area contributed by atoms with Gasteiger partial charge < -0.3 is 20.4 Å². The molecular weight excluding hydrogens is 366 g/mol. The summed E-state index contributed by atoms with van der Waals surface area (Å²) in [6, 6.07) is 4.89. The minimum absolute atomic E-state index is 0.527. The Morgan fingerprint density at radius 2 is 1.93 bits per heavy atom. The number of aliphatic imine (C=N–C) groups is 1. The monoisotopic (exact) mass is 405 g/mol. The fourth-order valence-electron chi connectivity index (χ4n) is 4.72. The molecule has 2 atom stereocenters. The number of anilines is 1. The molecule has 5 nitrogen and oxygen atoms in total. The molecule has 3 rings (SSSR count). The zero-order valence-corrected chi connectivity index (χ0v) is 18.8. The summed E-state index contributed by atoms with van der Waals surface area (Å²) in [4.78, 5) is 9.59. The average Bonchev–Trinajstić information content (AvgIpc) is 3.21. The molecule has 158 valence electrons. The van der Waals surface area contributed by atoms with Crippen molar-refractivity contribution in [1.82, 2.24) is 15.5 Å². The molecule has 0 saturated carbocycles. The third-order valence-corrected chi connectivity index (χ3v) is 6.94. The van der Waals surface area contributed by atoms with Gasteiger partial charge in [0.15, 0.2) is 5.96 Å². The van der Waals surface area contributed by atoms with Crippen molar-refractivity contribution in [2.24, 2.45) is 16.8 Å². The van der Waals surface area contributed by atoms with Crippen LogP contribution in [0.15, 0.2) is 22.5 Å². The predicted molar refractivity (Wildman–Crippen MR) is 123 cm³/mol. The Kier molecular flexibility index (Phi) is 8.46. The van der Waals surface area contributed by atoms with E-state index in [1.165, 1.54) is 56.7 Å². The van der Waals surface area contributed by atoms with Crippen LogP contribution in [-0.4, -0.2) is 63.2 Å². The topological polar surface area (TPSA) is 42.9 Å². The number of thiophene rings is 1. The van der Waals surface area contributed by atoms with Gasteiger partial charge in [0.2, 0.25) is 0 Å². The highest BCUT2D eigenvalue weighted by atomic mass is 32.1. The van der Waals surface area contributed by atoms with Gasteiger partial charge in [0.05, 0.1) is 5.00 Å². The van der Waals surface area contributed by atoms with Crippen LogP contribution in [0.1, 0.15) is 46.0 Å². The highest BCUT2D eigenvalue weighted by molar-refractivity contribution is 7.14. The summed E-state index contributed by atoms with van der Waals surface area (Å²) < 4.78 is 0. The van der Waals surface area contributed by atoms with Gasteiger partial charge in [0.25, 0.3) is 0 Å². The Morgan fingerprint density at radius 3 is 2.57 bits per heavy atom. The summed E-state index contributed by atoms with van der Waals surface area (Å²) in [5.74, 6) is 2.68. The lowest BCUT2D eigenvalue weighted by atomic mass is 9.92. The summed E-state index contributed by atoms with van der Waals surface area (Å²) in [6.45, 7) is 11.9. The molecule has 1 aromatic heterocycles. The van der Waals surface area contributed by atoms with E-state index < -0.39 is 0 Å². The molecule has 0 aliphatic carbocycles. The second kappa shape index (κ2) is 11.1. The molecule has 0 radical (unpaired) electrons. The SMILES string of the molecule is CN=C(NCCCCN1CC(C)CC(C)C1)NC1CCN(c2cccs2)CC1. The Labute approximate surface area is 175 Å². The number of hydrogen-bond donors (Lipinski definition) is 2. The molecule has 2 aliphatic rings. The first kappa shape index (κ1) is 21.4. The lowest BCUT2D eigenvalue weighted by Crippen LogP contribution is -2.48. The van der Waals surface area contributed by atoms with E-state index in [1.54, 1.807) is 0 Å². The number of likely N-dealkylation sites (tertiary alicyclic amines) is 1. The molecule has 0 amide bonds. The fraction of sp³-hybridized carbons (Fsp3) is 0.773. The van der Waals surface area contributed by atoms with Crippen molar-refractivity contribution in [2.45, 2.75) is 52.0 Å². The minimum atomic E-state index is 0.527. The van der Waals surface area contributed by atoms with Crippen molar-refractivity contribution in [3.8, 4) is 0 Å². The predicted octanol–water partition coefficient (Wildman–Crippen LogP) is 3.64. The van der Waals surface area contributed by atoms with E-state index in [9.17, 15) is 0 Å². The Hall–Kier alpha value is -1.27. The van der Waals surface area contributed by atoms with Crippen molar-refractivity contribution < 1.29 is 0 Å². The van der Waals surface area contributed by atoms with Gasteiger partial charge in [0.1, 0.15) is 0 Å². The van der Waals surface area contributed by atoms with Crippen molar-refractivity contribution in [3.63, 3.8) is 0 Å². The summed E-state index contributed by atoms with van der Waals surface area (Å²) in [5.41, 5.74) is 0. The molecular formula is C22H39N5S. The summed E-state index contributed by atoms with van der Waals surface area (Å²) in [7, 11) is 1.88. The summed E-state index contributed by atoms with van der Waals surface area (Å²) in [6.07, 6.45) is 6.21. The number of guanidine groups is 1. The van der Waals surface area contributed by atoms with Crippen LogP contribution in [-0.2, 0) is 0 Å². The number of rotatable bonds is 7. The van der Waals surface area contributed by atoms with E-state index in [0.29, 0.717) is 6.04 Å². The Bertz CT molecular complexity index is 570. The molecule has 2 saturated heterocycles. The average molecular weight is 406 g/mol. The third kappa shape index (κ3) is 6.66. The van der Waals surface area contributed by atoms with Gasteiger partial charge in [-0.3, -0.25) is 4.99 Å². The van der Waals surface area contributed by atoms with Crippen LogP contribution in [0, 0.1) is 11.8 Å². The minimum Gasteiger partial charge on any atom is -0.363 e. The van der Waals surface area contributed by atoms with Crippen LogP contribution < -0.4 is 15.5 Å². The molecule has 6 heteroatoms. The van der Waals surface area contributed by atoms with Gasteiger partial charge in [-0.25, -0.2) is 0 Å². The van der Waals surface area contributed by atoms with Crippen LogP contribution in [0.5, 0.6) is 0 Å². The zero-order valence-electron chi connectivity index (χ0n) is 18.0. The van der Waals surface area contributed by atoms with E-state index >= 15 is 0 Å². The lowest BCUT2D eigenvalue weighted by Gasteiger charge is -2.35. The molecule has 28 heavy (non-hydrogen) atoms. The molecule has 0 aromatic carbocycles. The molecule has 2 fully saturated rings. The maximum atomic E-state index is 4.43. The summed E-state index contributed by atoms with van der Waals surface area (Å²) >= 11 is 1.84. The normalized spacial score (nSPS) is 25.1. The highest BCUT2D eigenvalue weighted by Crippen LogP contribution is 2.24. The van der Waals surface area contributed by atoms with Crippen LogP contribution in [0.3, 0.4) is 0 Å². The van der Waals surface area contributed by atoms with Crippen LogP contribution >= 0.6 is 11.3 Å². The first-order valence-electron chi connectivity index (χ1n) is 11.1. The first-order chi connectivity index (χ1) is 13.6. The van der Waals surface area contributed by atoms with Crippen molar-refractivity contribution in [2.75, 3.05) is 51.2 Å². The Balaban J connectivity index is 1.28. The van der Waals surface area contributed by atoms with E-state index in [1.807, 2.05) is 18.4 Å². The maximum Gasteiger partial charge on any atom is 0.191 e. The van der Waals surface area contributed by atoms with Crippen molar-refractivity contribution in [3.05, 3.63) is 17.5 Å². The van der Waals surface area contributed by atoms with Gasteiger partial charge in [-0.2, -0.15) is 0 Å². The Morgan fingerprint density at radius 1 is 1.18 bits per heavy atom. The van der Waals surface area contributed by atoms with Gasteiger partial charge in [-0.15, -0.1) is 11.3 Å². The second-order valence-electron chi connectivity index (χ2n) is 8.77. The molecule has 3 heterocycles. The van der Waals surface area contributed by atoms with E-state index in [4.69, 9.17) is 0 Å². The van der Waals surface area contributed by atoms with Crippen LogP contribution in [0.2, 0.25) is 0 Å². The molecule has 2 unspecified atom stereocenters. The molecule has 0 spiro atoms. The largest absolute Gasteiger partial charge is 0.363 e. The number of nitrogens with zero attached hydrogens (tertiary/aromatic N) is 3. The molecule has 1 aromatic rings. The number of nitrogens with one attached hydrogen (secondary N) is 2. The van der Waals surface area contributed by atoms with Gasteiger partial charge in [-0.1, -0.05) is 13.8 Å². The van der Waals surface area contributed by atoms with Crippen molar-refractivity contribution in [1.29, 1.82) is 0 Å². The number of piperidine rings is 2. The van der Waals surface area contributed by atoms with Crippen LogP contribution in [0.25, 0.3) is 0 Å². The highest BCUT2D eigenvalue weighted by Gasteiger charge is 2.22. The van der Waals surface area contributed by atoms with E-state index in [2.05, 4.69) is 56.8 Å².